The number of aromatic nitrogens is 4. The van der Waals surface area contributed by atoms with Crippen LogP contribution in [0.1, 0.15) is 70.0 Å². The molecule has 19 heteroatoms. The van der Waals surface area contributed by atoms with E-state index in [0.717, 1.165) is 24.3 Å². The van der Waals surface area contributed by atoms with E-state index in [1.807, 2.05) is 0 Å². The molecule has 0 unspecified atom stereocenters. The van der Waals surface area contributed by atoms with Gasteiger partial charge in [-0.15, -0.1) is 0 Å². The Kier molecular flexibility index (Phi) is 14.3. The summed E-state index contributed by atoms with van der Waals surface area (Å²) in [6.07, 6.45) is 3.32. The predicted octanol–water partition coefficient (Wildman–Crippen LogP) is 4.25. The average molecular weight is 828 g/mol. The Labute approximate surface area is 340 Å². The normalized spacial score (nSPS) is 10.3. The van der Waals surface area contributed by atoms with Gasteiger partial charge in [0.25, 0.3) is 35.2 Å². The monoisotopic (exact) mass is 827 g/mol. The lowest BCUT2D eigenvalue weighted by Crippen LogP contribution is -2.32. The lowest BCUT2D eigenvalue weighted by atomic mass is 10.0. The molecule has 310 valence electrons. The second kappa shape index (κ2) is 19.1. The number of nitrogens with one attached hydrogen (secondary N) is 4. The number of rotatable bonds is 10. The summed E-state index contributed by atoms with van der Waals surface area (Å²) < 4.78 is 57.5. The highest BCUT2D eigenvalue weighted by Gasteiger charge is 2.30. The maximum atomic E-state index is 13.4. The van der Waals surface area contributed by atoms with Gasteiger partial charge in [-0.25, -0.2) is 22.5 Å². The minimum atomic E-state index is -1.11. The smallest absolute Gasteiger partial charge is 0.293 e. The molecule has 0 atom stereocenters. The molecule has 0 spiro atoms. The molecular weight excluding hydrogens is 790 g/mol. The minimum Gasteiger partial charge on any atom is -0.343 e. The van der Waals surface area contributed by atoms with Gasteiger partial charge >= 0.3 is 0 Å². The molecule has 60 heavy (non-hydrogen) atoms. The third-order valence-corrected chi connectivity index (χ3v) is 9.20. The zero-order valence-electron chi connectivity index (χ0n) is 33.2. The van der Waals surface area contributed by atoms with E-state index in [1.54, 1.807) is 51.0 Å². The van der Waals surface area contributed by atoms with Crippen LogP contribution in [0.3, 0.4) is 0 Å². The van der Waals surface area contributed by atoms with Gasteiger partial charge in [0, 0.05) is 68.4 Å². The first-order valence-corrected chi connectivity index (χ1v) is 17.6. The molecular formula is C41H37F4N9O6. The topological polar surface area (TPSA) is 202 Å². The summed E-state index contributed by atoms with van der Waals surface area (Å²) in [7, 11) is 4.88. The van der Waals surface area contributed by atoms with Gasteiger partial charge in [0.2, 0.25) is 0 Å². The first kappa shape index (κ1) is 44.9. The Bertz CT molecular complexity index is 2680. The van der Waals surface area contributed by atoms with Gasteiger partial charge in [0.1, 0.15) is 17.9 Å². The van der Waals surface area contributed by atoms with Gasteiger partial charge in [0.15, 0.2) is 29.1 Å². The van der Waals surface area contributed by atoms with Gasteiger partial charge in [0.05, 0.1) is 23.7 Å². The lowest BCUT2D eigenvalue weighted by Gasteiger charge is -2.08. The number of amides is 4. The van der Waals surface area contributed by atoms with Crippen molar-refractivity contribution in [2.75, 3.05) is 23.7 Å². The second-order valence-electron chi connectivity index (χ2n) is 13.0. The number of imidazole rings is 1. The number of nitriles is 1. The lowest BCUT2D eigenvalue weighted by molar-refractivity contribution is -0.117. The number of carbonyl (C=O) groups excluding carboxylic acids is 6. The van der Waals surface area contributed by atoms with E-state index in [-0.39, 0.29) is 58.1 Å². The molecule has 0 saturated carbocycles. The van der Waals surface area contributed by atoms with E-state index >= 15 is 0 Å². The van der Waals surface area contributed by atoms with Crippen molar-refractivity contribution in [1.29, 1.82) is 5.26 Å². The number of Topliss-reactive ketones (excluding diaryl/α,β-unsaturated/α-hetero) is 2. The largest absolute Gasteiger partial charge is 0.343 e. The van der Waals surface area contributed by atoms with Crippen LogP contribution in [0.5, 0.6) is 0 Å². The average Bonchev–Trinajstić information content (AvgIpc) is 3.79. The van der Waals surface area contributed by atoms with Crippen LogP contribution in [0.25, 0.3) is 0 Å². The molecule has 5 rings (SSSR count). The molecule has 3 aromatic heterocycles. The highest BCUT2D eigenvalue weighted by molar-refractivity contribution is 6.44. The van der Waals surface area contributed by atoms with Crippen molar-refractivity contribution < 1.29 is 46.3 Å². The van der Waals surface area contributed by atoms with Crippen molar-refractivity contribution in [3.05, 3.63) is 123 Å². The quantitative estimate of drug-likeness (QED) is 0.0526. The SMILES string of the molecule is Cc1c(C(=O)C(=O)NCC#Cc2nccn2C)c(C)n(C)c1C(=O)Nc1ccc(F)c(F)c1.Cc1c(C(=O)C(=O)NCC#N)c(C)n(C)c1C(=O)Nc1ccc(F)c(F)c1. The Balaban J connectivity index is 0.000000270. The minimum absolute atomic E-state index is 0.0387. The number of hydrogen-bond donors (Lipinski definition) is 4. The number of ketones is 2. The van der Waals surface area contributed by atoms with E-state index in [1.165, 1.54) is 42.2 Å². The van der Waals surface area contributed by atoms with Crippen LogP contribution in [0.2, 0.25) is 0 Å². The summed E-state index contributed by atoms with van der Waals surface area (Å²) in [6.45, 7) is 5.81. The number of benzene rings is 2. The number of halogens is 4. The van der Waals surface area contributed by atoms with Crippen molar-refractivity contribution in [3.8, 4) is 17.9 Å². The van der Waals surface area contributed by atoms with Crippen molar-refractivity contribution in [2.24, 2.45) is 21.1 Å². The zero-order valence-corrected chi connectivity index (χ0v) is 33.2. The molecule has 15 nitrogen and oxygen atoms in total. The Morgan fingerprint density at radius 1 is 0.667 bits per heavy atom. The van der Waals surface area contributed by atoms with Crippen LogP contribution in [0, 0.1) is 74.1 Å². The molecule has 3 heterocycles. The molecule has 4 amide bonds. The molecule has 0 saturated heterocycles. The van der Waals surface area contributed by atoms with E-state index in [2.05, 4.69) is 38.1 Å². The van der Waals surface area contributed by atoms with Crippen molar-refractivity contribution in [3.63, 3.8) is 0 Å². The molecule has 0 aliphatic rings. The Hall–Kier alpha value is -7.80. The molecule has 0 radical (unpaired) electrons. The van der Waals surface area contributed by atoms with Crippen molar-refractivity contribution in [1.82, 2.24) is 29.3 Å². The predicted molar refractivity (Wildman–Crippen MR) is 209 cm³/mol. The first-order chi connectivity index (χ1) is 28.3. The van der Waals surface area contributed by atoms with Crippen LogP contribution in [0.15, 0.2) is 48.8 Å². The fourth-order valence-corrected chi connectivity index (χ4v) is 6.04. The van der Waals surface area contributed by atoms with E-state index in [9.17, 15) is 46.3 Å². The number of anilines is 2. The summed E-state index contributed by atoms with van der Waals surface area (Å²) in [5.74, 6) is -3.09. The molecule has 0 aliphatic heterocycles. The fraction of sp³-hybridized carbons (Fsp3) is 0.220. The van der Waals surface area contributed by atoms with Gasteiger partial charge in [-0.05, 0) is 69.0 Å². The fourth-order valence-electron chi connectivity index (χ4n) is 6.04. The number of aryl methyl sites for hydroxylation is 1. The van der Waals surface area contributed by atoms with Gasteiger partial charge in [-0.1, -0.05) is 5.92 Å². The van der Waals surface area contributed by atoms with Crippen LogP contribution < -0.4 is 21.3 Å². The molecule has 0 fully saturated rings. The van der Waals surface area contributed by atoms with E-state index in [4.69, 9.17) is 5.26 Å². The number of carbonyl (C=O) groups is 6. The summed E-state index contributed by atoms with van der Waals surface area (Å²) in [4.78, 5) is 78.8. The maximum absolute atomic E-state index is 13.4. The second-order valence-corrected chi connectivity index (χ2v) is 13.0. The molecule has 0 aliphatic carbocycles. The highest BCUT2D eigenvalue weighted by atomic mass is 19.2. The summed E-state index contributed by atoms with van der Waals surface area (Å²) >= 11 is 0. The van der Waals surface area contributed by atoms with E-state index < -0.39 is 58.5 Å². The van der Waals surface area contributed by atoms with E-state index in [0.29, 0.717) is 17.2 Å². The van der Waals surface area contributed by atoms with Crippen LogP contribution in [0.4, 0.5) is 28.9 Å². The van der Waals surface area contributed by atoms with Crippen LogP contribution in [-0.4, -0.2) is 67.0 Å². The number of hydrogen-bond acceptors (Lipinski definition) is 8. The molecule has 0 bridgehead atoms. The van der Waals surface area contributed by atoms with Crippen molar-refractivity contribution >= 4 is 46.6 Å². The molecule has 5 aromatic rings. The maximum Gasteiger partial charge on any atom is 0.293 e. The Morgan fingerprint density at radius 2 is 1.10 bits per heavy atom. The number of nitrogens with zero attached hydrogens (tertiary/aromatic N) is 5. The van der Waals surface area contributed by atoms with Gasteiger partial charge in [-0.2, -0.15) is 5.26 Å². The summed E-state index contributed by atoms with van der Waals surface area (Å²) in [5.41, 5.74) is 1.75. The Morgan fingerprint density at radius 3 is 1.48 bits per heavy atom. The zero-order chi connectivity index (χ0) is 44.6. The highest BCUT2D eigenvalue weighted by Crippen LogP contribution is 2.25. The van der Waals surface area contributed by atoms with Crippen LogP contribution >= 0.6 is 0 Å². The van der Waals surface area contributed by atoms with Gasteiger partial charge in [-0.3, -0.25) is 28.8 Å². The third-order valence-electron chi connectivity index (χ3n) is 9.20. The van der Waals surface area contributed by atoms with Crippen molar-refractivity contribution in [2.45, 2.75) is 27.7 Å². The first-order valence-electron chi connectivity index (χ1n) is 17.6. The summed E-state index contributed by atoms with van der Waals surface area (Å²) in [6, 6.07) is 7.56. The third kappa shape index (κ3) is 9.83. The standard InChI is InChI=1S/C23H21F2N5O3.C18H16F2N4O3/c1-13-19(21(31)23(33)27-9-5-6-18-26-10-11-29(18)3)14(2)30(4)20(13)22(32)28-15-7-8-16(24)17(25)12-15;1-9-14(16(25)18(27)22-7-6-21)10(2)24(3)15(9)17(26)23-11-4-5-12(19)13(20)8-11/h7-8,10-12H,9H2,1-4H3,(H,27,33)(H,28,32);4-5,8H,7H2,1-3H3,(H,22,27)(H,23,26). The van der Waals surface area contributed by atoms with Gasteiger partial charge < -0.3 is 35.0 Å². The summed E-state index contributed by atoms with van der Waals surface area (Å²) in [5, 5.41) is 18.0. The molecule has 2 aromatic carbocycles. The van der Waals surface area contributed by atoms with Crippen LogP contribution in [-0.2, 0) is 30.7 Å². The molecule has 4 N–H and O–H groups in total.